The van der Waals surface area contributed by atoms with E-state index in [1.54, 1.807) is 0 Å². The molecule has 4 fully saturated rings. The highest BCUT2D eigenvalue weighted by Gasteiger charge is 2.44. The Labute approximate surface area is 203 Å². The molecule has 2 atom stereocenters. The highest BCUT2D eigenvalue weighted by atomic mass is 16.1. The van der Waals surface area contributed by atoms with E-state index in [9.17, 15) is 4.79 Å². The summed E-state index contributed by atoms with van der Waals surface area (Å²) < 4.78 is 2.01. The van der Waals surface area contributed by atoms with Gasteiger partial charge in [0.1, 0.15) is 11.5 Å². The number of rotatable bonds is 6. The van der Waals surface area contributed by atoms with Gasteiger partial charge in [0.25, 0.3) is 5.91 Å². The van der Waals surface area contributed by atoms with Crippen LogP contribution >= 0.6 is 0 Å². The van der Waals surface area contributed by atoms with E-state index in [2.05, 4.69) is 32.1 Å². The molecular weight excluding hydrogens is 424 g/mol. The fourth-order valence-electron chi connectivity index (χ4n) is 6.42. The van der Waals surface area contributed by atoms with Crippen molar-refractivity contribution in [3.63, 3.8) is 0 Å². The molecule has 2 aromatic heterocycles. The lowest BCUT2D eigenvalue weighted by atomic mass is 10.0. The predicted molar refractivity (Wildman–Crippen MR) is 136 cm³/mol. The van der Waals surface area contributed by atoms with E-state index in [1.165, 1.54) is 58.3 Å². The molecule has 5 heterocycles. The van der Waals surface area contributed by atoms with Crippen LogP contribution in [0.5, 0.6) is 0 Å². The smallest absolute Gasteiger partial charge is 0.253 e. The second kappa shape index (κ2) is 9.50. The molecule has 1 saturated carbocycles. The molecule has 7 nitrogen and oxygen atoms in total. The maximum Gasteiger partial charge on any atom is 0.253 e. The van der Waals surface area contributed by atoms with Crippen LogP contribution in [0.3, 0.4) is 0 Å². The summed E-state index contributed by atoms with van der Waals surface area (Å²) in [6.45, 7) is 9.38. The van der Waals surface area contributed by atoms with E-state index in [0.29, 0.717) is 0 Å². The molecule has 7 heteroatoms. The predicted octanol–water partition coefficient (Wildman–Crippen LogP) is 3.10. The summed E-state index contributed by atoms with van der Waals surface area (Å²) in [6.07, 6.45) is 10.6. The van der Waals surface area contributed by atoms with Crippen molar-refractivity contribution in [2.75, 3.05) is 57.3 Å². The molecule has 0 aromatic carbocycles. The summed E-state index contributed by atoms with van der Waals surface area (Å²) in [5.41, 5.74) is 1.66. The number of aromatic nitrogens is 2. The number of carbonyl (C=O) groups excluding carboxylic acids is 1. The Bertz CT molecular complexity index is 1010. The molecule has 0 spiro atoms. The lowest BCUT2D eigenvalue weighted by Gasteiger charge is -2.33. The van der Waals surface area contributed by atoms with Gasteiger partial charge in [0, 0.05) is 77.0 Å². The van der Waals surface area contributed by atoms with Crippen molar-refractivity contribution < 1.29 is 4.79 Å². The summed E-state index contributed by atoms with van der Waals surface area (Å²) in [4.78, 5) is 25.8. The third kappa shape index (κ3) is 4.69. The van der Waals surface area contributed by atoms with Crippen LogP contribution in [-0.4, -0.2) is 83.7 Å². The van der Waals surface area contributed by atoms with E-state index in [4.69, 9.17) is 4.98 Å². The molecule has 0 radical (unpaired) electrons. The van der Waals surface area contributed by atoms with Crippen molar-refractivity contribution >= 4 is 22.8 Å². The van der Waals surface area contributed by atoms with Gasteiger partial charge in [-0.2, -0.15) is 0 Å². The summed E-state index contributed by atoms with van der Waals surface area (Å²) in [6, 6.07) is 4.47. The Hall–Kier alpha value is -2.12. The minimum absolute atomic E-state index is 0.0460. The number of piperidine rings is 2. The van der Waals surface area contributed by atoms with Gasteiger partial charge in [0.05, 0.1) is 5.56 Å². The largest absolute Gasteiger partial charge is 0.357 e. The second-order valence-corrected chi connectivity index (χ2v) is 11.2. The van der Waals surface area contributed by atoms with Crippen LogP contribution < -0.4 is 10.2 Å². The number of nitrogens with one attached hydrogen (secondary N) is 1. The van der Waals surface area contributed by atoms with Crippen molar-refractivity contribution in [1.29, 1.82) is 0 Å². The van der Waals surface area contributed by atoms with Gasteiger partial charge in [-0.05, 0) is 56.1 Å². The molecule has 3 saturated heterocycles. The maximum atomic E-state index is 13.2. The summed E-state index contributed by atoms with van der Waals surface area (Å²) in [7, 11) is 2.00. The van der Waals surface area contributed by atoms with Gasteiger partial charge in [0.2, 0.25) is 0 Å². The number of anilines is 1. The van der Waals surface area contributed by atoms with Crippen LogP contribution in [-0.2, 0) is 7.05 Å². The zero-order valence-corrected chi connectivity index (χ0v) is 20.7. The molecule has 3 aliphatic heterocycles. The van der Waals surface area contributed by atoms with Crippen LogP contribution in [0.1, 0.15) is 55.3 Å². The third-order valence-corrected chi connectivity index (χ3v) is 8.69. The molecule has 1 aliphatic carbocycles. The van der Waals surface area contributed by atoms with Crippen LogP contribution in [0, 0.1) is 11.8 Å². The minimum Gasteiger partial charge on any atom is -0.357 e. The summed E-state index contributed by atoms with van der Waals surface area (Å²) >= 11 is 0. The Morgan fingerprint density at radius 2 is 1.68 bits per heavy atom. The second-order valence-electron chi connectivity index (χ2n) is 11.2. The van der Waals surface area contributed by atoms with Crippen LogP contribution in [0.2, 0.25) is 0 Å². The Kier molecular flexibility index (Phi) is 6.24. The zero-order valence-electron chi connectivity index (χ0n) is 20.7. The van der Waals surface area contributed by atoms with Gasteiger partial charge < -0.3 is 24.6 Å². The monoisotopic (exact) mass is 464 g/mol. The molecule has 1 N–H and O–H groups in total. The van der Waals surface area contributed by atoms with Crippen molar-refractivity contribution in [2.45, 2.75) is 51.0 Å². The van der Waals surface area contributed by atoms with Gasteiger partial charge >= 0.3 is 0 Å². The number of fused-ring (bicyclic) bond motifs is 2. The first kappa shape index (κ1) is 22.4. The van der Waals surface area contributed by atoms with Crippen molar-refractivity contribution in [2.24, 2.45) is 18.9 Å². The molecular formula is C27H40N6O. The SMILES string of the molecule is Cn1cc(C(=O)NC2CCN(CCN3CC4CC4C3)CC2)c2ccc(N3CCCCCC3)nc21. The molecule has 34 heavy (non-hydrogen) atoms. The molecule has 0 bridgehead atoms. The molecule has 184 valence electrons. The van der Waals surface area contributed by atoms with Gasteiger partial charge in [-0.1, -0.05) is 12.8 Å². The van der Waals surface area contributed by atoms with Crippen LogP contribution in [0.4, 0.5) is 5.82 Å². The first-order chi connectivity index (χ1) is 16.6. The van der Waals surface area contributed by atoms with E-state index >= 15 is 0 Å². The van der Waals surface area contributed by atoms with Crippen LogP contribution in [0.25, 0.3) is 11.0 Å². The molecule has 2 aromatic rings. The first-order valence-corrected chi connectivity index (χ1v) is 13.6. The number of nitrogens with zero attached hydrogens (tertiary/aromatic N) is 5. The van der Waals surface area contributed by atoms with Gasteiger partial charge in [0.15, 0.2) is 0 Å². The quantitative estimate of drug-likeness (QED) is 0.712. The van der Waals surface area contributed by atoms with Gasteiger partial charge in [-0.3, -0.25) is 4.79 Å². The molecule has 4 aliphatic rings. The lowest BCUT2D eigenvalue weighted by Crippen LogP contribution is -2.46. The summed E-state index contributed by atoms with van der Waals surface area (Å²) in [5, 5.41) is 4.29. The molecule has 1 amide bonds. The summed E-state index contributed by atoms with van der Waals surface area (Å²) in [5.74, 6) is 3.13. The molecule has 2 unspecified atom stereocenters. The highest BCUT2D eigenvalue weighted by Crippen LogP contribution is 2.44. The average Bonchev–Trinajstić information content (AvgIpc) is 3.45. The Balaban J connectivity index is 1.04. The average molecular weight is 465 g/mol. The number of hydrogen-bond donors (Lipinski definition) is 1. The third-order valence-electron chi connectivity index (χ3n) is 8.69. The number of likely N-dealkylation sites (tertiary alicyclic amines) is 2. The number of carbonyl (C=O) groups is 1. The van der Waals surface area contributed by atoms with Crippen molar-refractivity contribution in [3.8, 4) is 0 Å². The standard InChI is InChI=1S/C27H40N6O/c1-30-19-24(23-6-7-25(29-26(23)30)33-10-4-2-3-5-11-33)27(34)28-22-8-12-31(13-9-22)14-15-32-17-20-16-21(20)18-32/h6-7,19-22H,2-5,8-18H2,1H3,(H,28,34). The number of hydrogen-bond acceptors (Lipinski definition) is 5. The van der Waals surface area contributed by atoms with E-state index in [0.717, 1.165) is 73.3 Å². The van der Waals surface area contributed by atoms with Crippen molar-refractivity contribution in [3.05, 3.63) is 23.9 Å². The maximum absolute atomic E-state index is 13.2. The number of pyridine rings is 1. The fraction of sp³-hybridized carbons (Fsp3) is 0.704. The normalized spacial score (nSPS) is 26.6. The van der Waals surface area contributed by atoms with Crippen molar-refractivity contribution in [1.82, 2.24) is 24.7 Å². The Morgan fingerprint density at radius 1 is 0.971 bits per heavy atom. The van der Waals surface area contributed by atoms with E-state index < -0.39 is 0 Å². The van der Waals surface area contributed by atoms with Crippen LogP contribution in [0.15, 0.2) is 18.3 Å². The fourth-order valence-corrected chi connectivity index (χ4v) is 6.42. The topological polar surface area (TPSA) is 56.6 Å². The molecule has 6 rings (SSSR count). The Morgan fingerprint density at radius 3 is 2.41 bits per heavy atom. The highest BCUT2D eigenvalue weighted by molar-refractivity contribution is 6.06. The number of amides is 1. The first-order valence-electron chi connectivity index (χ1n) is 13.6. The van der Waals surface area contributed by atoms with E-state index in [1.807, 2.05) is 17.8 Å². The zero-order chi connectivity index (χ0) is 23.1. The van der Waals surface area contributed by atoms with E-state index in [-0.39, 0.29) is 11.9 Å². The lowest BCUT2D eigenvalue weighted by molar-refractivity contribution is 0.0909. The minimum atomic E-state index is 0.0460. The van der Waals surface area contributed by atoms with Gasteiger partial charge in [-0.15, -0.1) is 0 Å². The van der Waals surface area contributed by atoms with Gasteiger partial charge in [-0.25, -0.2) is 4.98 Å². The number of aryl methyl sites for hydroxylation is 1.